The number of benzene rings is 1. The van der Waals surface area contributed by atoms with Gasteiger partial charge in [0.15, 0.2) is 5.78 Å². The van der Waals surface area contributed by atoms with Gasteiger partial charge in [0.05, 0.1) is 0 Å². The van der Waals surface area contributed by atoms with Crippen LogP contribution in [-0.2, 0) is 0 Å². The van der Waals surface area contributed by atoms with E-state index in [9.17, 15) is 4.79 Å². The van der Waals surface area contributed by atoms with Crippen LogP contribution in [0.2, 0.25) is 0 Å². The van der Waals surface area contributed by atoms with E-state index in [4.69, 9.17) is 0 Å². The van der Waals surface area contributed by atoms with Crippen molar-refractivity contribution in [2.75, 3.05) is 18.0 Å². The zero-order valence-corrected chi connectivity index (χ0v) is 14.6. The zero-order chi connectivity index (χ0) is 16.0. The van der Waals surface area contributed by atoms with Crippen LogP contribution in [0.4, 0.5) is 5.69 Å². The highest BCUT2D eigenvalue weighted by molar-refractivity contribution is 5.96. The molecule has 0 amide bonds. The van der Waals surface area contributed by atoms with E-state index in [2.05, 4.69) is 58.6 Å². The number of carbonyl (C=O) groups is 1. The second-order valence-electron chi connectivity index (χ2n) is 7.22. The largest absolute Gasteiger partial charge is 0.372 e. The molecule has 0 aliphatic carbocycles. The van der Waals surface area contributed by atoms with Gasteiger partial charge in [-0.05, 0) is 55.9 Å². The SMILES string of the molecule is CCN(CC)c1ccc(C(=O)CC(C)CC(C)(C)C)cc1. The van der Waals surface area contributed by atoms with E-state index in [1.165, 1.54) is 5.69 Å². The lowest BCUT2D eigenvalue weighted by Crippen LogP contribution is -2.21. The summed E-state index contributed by atoms with van der Waals surface area (Å²) < 4.78 is 0. The minimum absolute atomic E-state index is 0.262. The van der Waals surface area contributed by atoms with E-state index in [0.29, 0.717) is 12.3 Å². The summed E-state index contributed by atoms with van der Waals surface area (Å²) in [5.74, 6) is 0.692. The van der Waals surface area contributed by atoms with Crippen molar-refractivity contribution in [1.29, 1.82) is 0 Å². The molecule has 1 unspecified atom stereocenters. The number of carbonyl (C=O) groups excluding carboxylic acids is 1. The van der Waals surface area contributed by atoms with Crippen molar-refractivity contribution in [3.63, 3.8) is 0 Å². The minimum atomic E-state index is 0.262. The molecule has 0 bridgehead atoms. The zero-order valence-electron chi connectivity index (χ0n) is 14.6. The number of hydrogen-bond acceptors (Lipinski definition) is 2. The van der Waals surface area contributed by atoms with E-state index < -0.39 is 0 Å². The maximum atomic E-state index is 12.3. The number of rotatable bonds is 7. The summed E-state index contributed by atoms with van der Waals surface area (Å²) in [6.45, 7) is 15.1. The minimum Gasteiger partial charge on any atom is -0.372 e. The molecule has 118 valence electrons. The van der Waals surface area contributed by atoms with Crippen molar-refractivity contribution in [2.45, 2.75) is 54.4 Å². The highest BCUT2D eigenvalue weighted by Gasteiger charge is 2.18. The molecule has 0 aliphatic rings. The standard InChI is InChI=1S/C19H31NO/c1-7-20(8-2)17-11-9-16(10-12-17)18(21)13-15(3)14-19(4,5)6/h9-12,15H,7-8,13-14H2,1-6H3. The monoisotopic (exact) mass is 289 g/mol. The van der Waals surface area contributed by atoms with E-state index in [0.717, 1.165) is 25.1 Å². The highest BCUT2D eigenvalue weighted by Crippen LogP contribution is 2.27. The van der Waals surface area contributed by atoms with Gasteiger partial charge in [0, 0.05) is 30.8 Å². The van der Waals surface area contributed by atoms with Crippen molar-refractivity contribution in [3.05, 3.63) is 29.8 Å². The van der Waals surface area contributed by atoms with Crippen molar-refractivity contribution in [1.82, 2.24) is 0 Å². The fourth-order valence-corrected chi connectivity index (χ4v) is 3.00. The second-order valence-corrected chi connectivity index (χ2v) is 7.22. The summed E-state index contributed by atoms with van der Waals surface area (Å²) in [5, 5.41) is 0. The average Bonchev–Trinajstić information content (AvgIpc) is 2.38. The van der Waals surface area contributed by atoms with Gasteiger partial charge >= 0.3 is 0 Å². The molecule has 1 aromatic carbocycles. The van der Waals surface area contributed by atoms with Crippen molar-refractivity contribution in [3.8, 4) is 0 Å². The molecule has 0 spiro atoms. The Morgan fingerprint density at radius 3 is 2.05 bits per heavy atom. The smallest absolute Gasteiger partial charge is 0.163 e. The average molecular weight is 289 g/mol. The molecule has 0 saturated heterocycles. The van der Waals surface area contributed by atoms with Gasteiger partial charge in [-0.25, -0.2) is 0 Å². The number of anilines is 1. The molecule has 0 N–H and O–H groups in total. The van der Waals surface area contributed by atoms with Crippen LogP contribution in [0.25, 0.3) is 0 Å². The summed E-state index contributed by atoms with van der Waals surface area (Å²) in [4.78, 5) is 14.6. The number of nitrogens with zero attached hydrogens (tertiary/aromatic N) is 1. The molecule has 0 saturated carbocycles. The molecular weight excluding hydrogens is 258 g/mol. The summed E-state index contributed by atoms with van der Waals surface area (Å²) in [6.07, 6.45) is 1.72. The van der Waals surface area contributed by atoms with Crippen LogP contribution in [0.15, 0.2) is 24.3 Å². The van der Waals surface area contributed by atoms with Gasteiger partial charge < -0.3 is 4.90 Å². The lowest BCUT2D eigenvalue weighted by Gasteiger charge is -2.23. The molecule has 21 heavy (non-hydrogen) atoms. The molecule has 1 aromatic rings. The summed E-state index contributed by atoms with van der Waals surface area (Å²) in [7, 11) is 0. The first kappa shape index (κ1) is 17.7. The Morgan fingerprint density at radius 1 is 1.10 bits per heavy atom. The Hall–Kier alpha value is -1.31. The molecule has 1 atom stereocenters. The van der Waals surface area contributed by atoms with Crippen molar-refractivity contribution >= 4 is 11.5 Å². The Morgan fingerprint density at radius 2 is 1.62 bits per heavy atom. The maximum Gasteiger partial charge on any atom is 0.163 e. The van der Waals surface area contributed by atoms with E-state index in [-0.39, 0.29) is 11.2 Å². The summed E-state index contributed by atoms with van der Waals surface area (Å²) in [6, 6.07) is 8.07. The molecule has 2 heteroatoms. The number of hydrogen-bond donors (Lipinski definition) is 0. The first-order chi connectivity index (χ1) is 9.76. The fourth-order valence-electron chi connectivity index (χ4n) is 3.00. The third kappa shape index (κ3) is 5.91. The molecule has 0 aromatic heterocycles. The molecule has 0 fully saturated rings. The molecule has 0 heterocycles. The van der Waals surface area contributed by atoms with Gasteiger partial charge in [0.1, 0.15) is 0 Å². The highest BCUT2D eigenvalue weighted by atomic mass is 16.1. The Kier molecular flexibility index (Phi) is 6.44. The Labute approximate surface area is 130 Å². The summed E-state index contributed by atoms with van der Waals surface area (Å²) in [5.41, 5.74) is 2.32. The first-order valence-corrected chi connectivity index (χ1v) is 8.15. The second kappa shape index (κ2) is 7.63. The van der Waals surface area contributed by atoms with E-state index >= 15 is 0 Å². The molecular formula is C19H31NO. The number of Topliss-reactive ketones (excluding diaryl/α,β-unsaturated/α-hetero) is 1. The van der Waals surface area contributed by atoms with Crippen LogP contribution in [0.5, 0.6) is 0 Å². The molecule has 0 radical (unpaired) electrons. The number of ketones is 1. The van der Waals surface area contributed by atoms with Crippen LogP contribution in [-0.4, -0.2) is 18.9 Å². The lowest BCUT2D eigenvalue weighted by molar-refractivity contribution is 0.0954. The normalized spacial score (nSPS) is 13.0. The first-order valence-electron chi connectivity index (χ1n) is 8.15. The quantitative estimate of drug-likeness (QED) is 0.645. The maximum absolute atomic E-state index is 12.3. The molecule has 2 nitrogen and oxygen atoms in total. The molecule has 0 aliphatic heterocycles. The predicted octanol–water partition coefficient (Wildman–Crippen LogP) is 5.18. The molecule has 1 rings (SSSR count). The van der Waals surface area contributed by atoms with Gasteiger partial charge in [0.25, 0.3) is 0 Å². The lowest BCUT2D eigenvalue weighted by atomic mass is 9.83. The van der Waals surface area contributed by atoms with Crippen LogP contribution < -0.4 is 4.90 Å². The van der Waals surface area contributed by atoms with Gasteiger partial charge in [0.2, 0.25) is 0 Å². The van der Waals surface area contributed by atoms with Gasteiger partial charge in [-0.15, -0.1) is 0 Å². The van der Waals surface area contributed by atoms with Crippen LogP contribution in [0.1, 0.15) is 64.7 Å². The van der Waals surface area contributed by atoms with Crippen LogP contribution in [0, 0.1) is 11.3 Å². The third-order valence-electron chi connectivity index (χ3n) is 3.81. The van der Waals surface area contributed by atoms with Gasteiger partial charge in [-0.1, -0.05) is 27.7 Å². The van der Waals surface area contributed by atoms with Gasteiger partial charge in [-0.3, -0.25) is 4.79 Å². The predicted molar refractivity (Wildman–Crippen MR) is 92.2 cm³/mol. The van der Waals surface area contributed by atoms with Crippen molar-refractivity contribution < 1.29 is 4.79 Å². The fraction of sp³-hybridized carbons (Fsp3) is 0.632. The van der Waals surface area contributed by atoms with Crippen molar-refractivity contribution in [2.24, 2.45) is 11.3 Å². The topological polar surface area (TPSA) is 20.3 Å². The third-order valence-corrected chi connectivity index (χ3v) is 3.81. The van der Waals surface area contributed by atoms with Crippen LogP contribution in [0.3, 0.4) is 0 Å². The van der Waals surface area contributed by atoms with E-state index in [1.807, 2.05) is 12.1 Å². The van der Waals surface area contributed by atoms with Gasteiger partial charge in [-0.2, -0.15) is 0 Å². The Balaban J connectivity index is 2.67. The van der Waals surface area contributed by atoms with E-state index in [1.54, 1.807) is 0 Å². The van der Waals surface area contributed by atoms with Crippen LogP contribution >= 0.6 is 0 Å². The summed E-state index contributed by atoms with van der Waals surface area (Å²) >= 11 is 0. The Bertz CT molecular complexity index is 438.